The van der Waals surface area contributed by atoms with Crippen LogP contribution in [0.25, 0.3) is 0 Å². The Morgan fingerprint density at radius 3 is 2.65 bits per heavy atom. The molecular weight excluding hydrogens is 252 g/mol. The predicted molar refractivity (Wildman–Crippen MR) is 76.4 cm³/mol. The van der Waals surface area contributed by atoms with Crippen molar-refractivity contribution in [3.05, 3.63) is 18.0 Å². The van der Waals surface area contributed by atoms with E-state index in [1.54, 1.807) is 0 Å². The van der Waals surface area contributed by atoms with Gasteiger partial charge in [-0.2, -0.15) is 5.10 Å². The molecule has 0 N–H and O–H groups in total. The fourth-order valence-corrected chi connectivity index (χ4v) is 3.29. The fourth-order valence-electron chi connectivity index (χ4n) is 3.29. The van der Waals surface area contributed by atoms with Crippen molar-refractivity contribution in [3.63, 3.8) is 0 Å². The molecule has 0 unspecified atom stereocenters. The van der Waals surface area contributed by atoms with Crippen LogP contribution < -0.4 is 0 Å². The topological polar surface area (TPSA) is 44.1 Å². The highest BCUT2D eigenvalue weighted by Crippen LogP contribution is 2.27. The number of ether oxygens (including phenoxy) is 1. The van der Waals surface area contributed by atoms with Crippen LogP contribution in [0.1, 0.15) is 69.5 Å². The summed E-state index contributed by atoms with van der Waals surface area (Å²) in [5.74, 6) is 0.381. The highest BCUT2D eigenvalue weighted by Gasteiger charge is 2.20. The van der Waals surface area contributed by atoms with Crippen molar-refractivity contribution in [2.24, 2.45) is 0 Å². The maximum Gasteiger partial charge on any atom is 0.133 e. The Labute approximate surface area is 120 Å². The number of rotatable bonds is 4. The van der Waals surface area contributed by atoms with Gasteiger partial charge >= 0.3 is 0 Å². The number of carbonyl (C=O) groups excluding carboxylic acids is 1. The minimum absolute atomic E-state index is 0.243. The van der Waals surface area contributed by atoms with Crippen molar-refractivity contribution in [1.82, 2.24) is 9.78 Å². The van der Waals surface area contributed by atoms with Crippen LogP contribution in [0.15, 0.2) is 12.3 Å². The zero-order chi connectivity index (χ0) is 13.8. The van der Waals surface area contributed by atoms with Gasteiger partial charge in [0.15, 0.2) is 0 Å². The summed E-state index contributed by atoms with van der Waals surface area (Å²) in [6.07, 6.45) is 12.0. The first-order chi connectivity index (χ1) is 9.81. The molecule has 0 radical (unpaired) electrons. The molecule has 0 bridgehead atoms. The summed E-state index contributed by atoms with van der Waals surface area (Å²) >= 11 is 0. The Kier molecular flexibility index (Phi) is 4.51. The van der Waals surface area contributed by atoms with Gasteiger partial charge in [0.05, 0.1) is 24.4 Å². The highest BCUT2D eigenvalue weighted by molar-refractivity contribution is 5.79. The summed E-state index contributed by atoms with van der Waals surface area (Å²) in [5, 5.41) is 4.66. The maximum atomic E-state index is 11.2. The molecule has 4 nitrogen and oxygen atoms in total. The van der Waals surface area contributed by atoms with E-state index in [2.05, 4.69) is 22.0 Å². The maximum absolute atomic E-state index is 11.2. The Balaban J connectivity index is 1.48. The number of aromatic nitrogens is 2. The van der Waals surface area contributed by atoms with Crippen LogP contribution in [0.4, 0.5) is 0 Å². The third kappa shape index (κ3) is 3.48. The number of hydrogen-bond donors (Lipinski definition) is 0. The lowest BCUT2D eigenvalue weighted by Gasteiger charge is -2.22. The lowest BCUT2D eigenvalue weighted by molar-refractivity contribution is -0.123. The van der Waals surface area contributed by atoms with Crippen LogP contribution in [-0.4, -0.2) is 21.7 Å². The van der Waals surface area contributed by atoms with Gasteiger partial charge < -0.3 is 4.74 Å². The summed E-state index contributed by atoms with van der Waals surface area (Å²) in [6, 6.07) is 2.66. The van der Waals surface area contributed by atoms with Crippen LogP contribution in [0, 0.1) is 0 Å². The summed E-state index contributed by atoms with van der Waals surface area (Å²) in [5.41, 5.74) is 1.02. The van der Waals surface area contributed by atoms with E-state index < -0.39 is 0 Å². The predicted octanol–water partition coefficient (Wildman–Crippen LogP) is 3.42. The van der Waals surface area contributed by atoms with Crippen molar-refractivity contribution < 1.29 is 9.53 Å². The molecule has 1 heterocycles. The van der Waals surface area contributed by atoms with Crippen LogP contribution in [0.3, 0.4) is 0 Å². The van der Waals surface area contributed by atoms with Gasteiger partial charge in [-0.1, -0.05) is 19.3 Å². The first-order valence-electron chi connectivity index (χ1n) is 7.98. The zero-order valence-electron chi connectivity index (χ0n) is 12.1. The molecule has 3 rings (SSSR count). The van der Waals surface area contributed by atoms with Gasteiger partial charge in [0.1, 0.15) is 5.78 Å². The van der Waals surface area contributed by atoms with E-state index in [1.807, 2.05) is 0 Å². The Hall–Kier alpha value is -1.16. The first-order valence-corrected chi connectivity index (χ1v) is 7.98. The first kappa shape index (κ1) is 13.8. The molecule has 0 amide bonds. The number of nitrogens with zero attached hydrogens (tertiary/aromatic N) is 2. The normalized spacial score (nSPS) is 22.3. The van der Waals surface area contributed by atoms with Crippen LogP contribution in [0.2, 0.25) is 0 Å². The van der Waals surface area contributed by atoms with Gasteiger partial charge in [-0.25, -0.2) is 0 Å². The molecule has 20 heavy (non-hydrogen) atoms. The molecule has 110 valence electrons. The van der Waals surface area contributed by atoms with Gasteiger partial charge in [-0.3, -0.25) is 9.48 Å². The lowest BCUT2D eigenvalue weighted by atomic mass is 9.96. The number of Topliss-reactive ketones (excluding diaryl/α,β-unsaturated/α-hetero) is 1. The average Bonchev–Trinajstić information content (AvgIpc) is 2.97. The standard InChI is InChI=1S/C16H24N2O2/c19-15-6-8-16(9-7-15)20-12-13-10-11-18(17-13)14-4-2-1-3-5-14/h10-11,14,16H,1-9,12H2. The third-order valence-electron chi connectivity index (χ3n) is 4.57. The Morgan fingerprint density at radius 2 is 1.90 bits per heavy atom. The molecular formula is C16H24N2O2. The third-order valence-corrected chi connectivity index (χ3v) is 4.57. The average molecular weight is 276 g/mol. The minimum atomic E-state index is 0.243. The second kappa shape index (κ2) is 6.53. The summed E-state index contributed by atoms with van der Waals surface area (Å²) < 4.78 is 8.02. The number of ketones is 1. The summed E-state index contributed by atoms with van der Waals surface area (Å²) in [4.78, 5) is 11.2. The Morgan fingerprint density at radius 1 is 1.15 bits per heavy atom. The zero-order valence-corrected chi connectivity index (χ0v) is 12.1. The number of carbonyl (C=O) groups is 1. The molecule has 0 aromatic carbocycles. The van der Waals surface area contributed by atoms with E-state index in [1.165, 1.54) is 32.1 Å². The highest BCUT2D eigenvalue weighted by atomic mass is 16.5. The molecule has 0 aliphatic heterocycles. The van der Waals surface area contributed by atoms with E-state index in [4.69, 9.17) is 4.74 Å². The van der Waals surface area contributed by atoms with E-state index in [0.29, 0.717) is 31.3 Å². The molecule has 2 saturated carbocycles. The molecule has 1 aromatic rings. The summed E-state index contributed by atoms with van der Waals surface area (Å²) in [6.45, 7) is 0.582. The van der Waals surface area contributed by atoms with Crippen molar-refractivity contribution in [1.29, 1.82) is 0 Å². The quantitative estimate of drug-likeness (QED) is 0.846. The van der Waals surface area contributed by atoms with Gasteiger partial charge in [-0.15, -0.1) is 0 Å². The second-order valence-corrected chi connectivity index (χ2v) is 6.13. The van der Waals surface area contributed by atoms with Gasteiger partial charge in [0.2, 0.25) is 0 Å². The van der Waals surface area contributed by atoms with Crippen LogP contribution in [0.5, 0.6) is 0 Å². The molecule has 0 atom stereocenters. The molecule has 4 heteroatoms. The monoisotopic (exact) mass is 276 g/mol. The molecule has 2 fully saturated rings. The minimum Gasteiger partial charge on any atom is -0.372 e. The second-order valence-electron chi connectivity index (χ2n) is 6.13. The smallest absolute Gasteiger partial charge is 0.133 e. The van der Waals surface area contributed by atoms with Crippen molar-refractivity contribution >= 4 is 5.78 Å². The van der Waals surface area contributed by atoms with Gasteiger partial charge in [-0.05, 0) is 31.7 Å². The van der Waals surface area contributed by atoms with E-state index in [9.17, 15) is 4.79 Å². The summed E-state index contributed by atoms with van der Waals surface area (Å²) in [7, 11) is 0. The molecule has 0 saturated heterocycles. The molecule has 0 spiro atoms. The van der Waals surface area contributed by atoms with Gasteiger partial charge in [0, 0.05) is 19.0 Å². The molecule has 1 aromatic heterocycles. The number of hydrogen-bond acceptors (Lipinski definition) is 3. The van der Waals surface area contributed by atoms with Crippen molar-refractivity contribution in [2.45, 2.75) is 76.5 Å². The Bertz CT molecular complexity index is 439. The van der Waals surface area contributed by atoms with E-state index in [0.717, 1.165) is 18.5 Å². The largest absolute Gasteiger partial charge is 0.372 e. The SMILES string of the molecule is O=C1CCC(OCc2ccn(C3CCCCC3)n2)CC1. The fraction of sp³-hybridized carbons (Fsp3) is 0.750. The van der Waals surface area contributed by atoms with Crippen molar-refractivity contribution in [3.8, 4) is 0 Å². The lowest BCUT2D eigenvalue weighted by Crippen LogP contribution is -2.21. The molecule has 2 aliphatic rings. The van der Waals surface area contributed by atoms with Gasteiger partial charge in [0.25, 0.3) is 0 Å². The van der Waals surface area contributed by atoms with E-state index >= 15 is 0 Å². The molecule has 2 aliphatic carbocycles. The van der Waals surface area contributed by atoms with Crippen molar-refractivity contribution in [2.75, 3.05) is 0 Å². The van der Waals surface area contributed by atoms with E-state index in [-0.39, 0.29) is 6.10 Å². The van der Waals surface area contributed by atoms with Crippen LogP contribution >= 0.6 is 0 Å². The van der Waals surface area contributed by atoms with Crippen LogP contribution in [-0.2, 0) is 16.1 Å².